The summed E-state index contributed by atoms with van der Waals surface area (Å²) < 4.78 is 0. The molecule has 0 spiro atoms. The standard InChI is InChI=1S/C18H21ClN2O4/c1-11-2-3-12(18(24)25)9-20(11)17(23)13-8-16(22)21(10-13)15-6-4-14(19)5-7-15/h4-7,11-13H,2-3,8-10H2,1H3,(H,24,25). The minimum Gasteiger partial charge on any atom is -0.481 e. The Labute approximate surface area is 151 Å². The minimum absolute atomic E-state index is 0.00258. The van der Waals surface area contributed by atoms with Gasteiger partial charge in [0.25, 0.3) is 0 Å². The van der Waals surface area contributed by atoms with Crippen molar-refractivity contribution < 1.29 is 19.5 Å². The average molecular weight is 365 g/mol. The Kier molecular flexibility index (Phi) is 4.99. The monoisotopic (exact) mass is 364 g/mol. The van der Waals surface area contributed by atoms with Crippen molar-refractivity contribution in [3.05, 3.63) is 29.3 Å². The van der Waals surface area contributed by atoms with Crippen LogP contribution in [0.2, 0.25) is 5.02 Å². The predicted molar refractivity (Wildman–Crippen MR) is 93.4 cm³/mol. The second-order valence-corrected chi connectivity index (χ2v) is 7.27. The van der Waals surface area contributed by atoms with Gasteiger partial charge in [-0.1, -0.05) is 11.6 Å². The highest BCUT2D eigenvalue weighted by Gasteiger charge is 2.40. The lowest BCUT2D eigenvalue weighted by molar-refractivity contribution is -0.148. The van der Waals surface area contributed by atoms with Crippen LogP contribution in [-0.4, -0.2) is 46.9 Å². The van der Waals surface area contributed by atoms with E-state index in [4.69, 9.17) is 11.6 Å². The molecular weight excluding hydrogens is 344 g/mol. The third kappa shape index (κ3) is 3.63. The molecule has 134 valence electrons. The van der Waals surface area contributed by atoms with Gasteiger partial charge >= 0.3 is 5.97 Å². The summed E-state index contributed by atoms with van der Waals surface area (Å²) in [7, 11) is 0. The second kappa shape index (κ2) is 7.04. The molecule has 25 heavy (non-hydrogen) atoms. The Bertz CT molecular complexity index is 691. The Balaban J connectivity index is 1.71. The van der Waals surface area contributed by atoms with E-state index in [9.17, 15) is 19.5 Å². The van der Waals surface area contributed by atoms with E-state index in [0.717, 1.165) is 5.69 Å². The van der Waals surface area contributed by atoms with Crippen LogP contribution in [0.15, 0.2) is 24.3 Å². The van der Waals surface area contributed by atoms with Gasteiger partial charge < -0.3 is 14.9 Å². The van der Waals surface area contributed by atoms with Crippen LogP contribution in [0.5, 0.6) is 0 Å². The van der Waals surface area contributed by atoms with E-state index in [0.29, 0.717) is 24.4 Å². The average Bonchev–Trinajstić information content (AvgIpc) is 2.97. The molecule has 2 fully saturated rings. The van der Waals surface area contributed by atoms with Gasteiger partial charge in [-0.2, -0.15) is 0 Å². The highest BCUT2D eigenvalue weighted by atomic mass is 35.5. The number of amides is 2. The highest BCUT2D eigenvalue weighted by molar-refractivity contribution is 6.30. The number of hydrogen-bond acceptors (Lipinski definition) is 3. The molecule has 0 bridgehead atoms. The second-order valence-electron chi connectivity index (χ2n) is 6.83. The molecule has 2 amide bonds. The Morgan fingerprint density at radius 1 is 1.12 bits per heavy atom. The van der Waals surface area contributed by atoms with Crippen molar-refractivity contribution in [2.45, 2.75) is 32.2 Å². The zero-order chi connectivity index (χ0) is 18.1. The highest BCUT2D eigenvalue weighted by Crippen LogP contribution is 2.30. The van der Waals surface area contributed by atoms with E-state index < -0.39 is 17.8 Å². The largest absolute Gasteiger partial charge is 0.481 e. The van der Waals surface area contributed by atoms with Crippen LogP contribution in [0.4, 0.5) is 5.69 Å². The fraction of sp³-hybridized carbons (Fsp3) is 0.500. The summed E-state index contributed by atoms with van der Waals surface area (Å²) in [5.74, 6) is -2.04. The van der Waals surface area contributed by atoms with Crippen molar-refractivity contribution in [3.63, 3.8) is 0 Å². The van der Waals surface area contributed by atoms with E-state index >= 15 is 0 Å². The van der Waals surface area contributed by atoms with Gasteiger partial charge in [0, 0.05) is 36.3 Å². The Hall–Kier alpha value is -2.08. The fourth-order valence-electron chi connectivity index (χ4n) is 3.59. The first-order valence-electron chi connectivity index (χ1n) is 8.46. The van der Waals surface area contributed by atoms with Gasteiger partial charge in [-0.05, 0) is 44.0 Å². The van der Waals surface area contributed by atoms with E-state index in [1.54, 1.807) is 34.1 Å². The maximum atomic E-state index is 12.9. The molecule has 1 N–H and O–H groups in total. The lowest BCUT2D eigenvalue weighted by Gasteiger charge is -2.37. The molecule has 1 aromatic rings. The van der Waals surface area contributed by atoms with E-state index in [1.165, 1.54) is 0 Å². The van der Waals surface area contributed by atoms with Crippen molar-refractivity contribution in [2.24, 2.45) is 11.8 Å². The maximum absolute atomic E-state index is 12.9. The smallest absolute Gasteiger partial charge is 0.308 e. The zero-order valence-electron chi connectivity index (χ0n) is 14.0. The number of rotatable bonds is 3. The number of nitrogens with zero attached hydrogens (tertiary/aromatic N) is 2. The molecule has 0 aliphatic carbocycles. The van der Waals surface area contributed by atoms with Crippen LogP contribution in [-0.2, 0) is 14.4 Å². The normalized spacial score (nSPS) is 26.8. The van der Waals surface area contributed by atoms with Crippen LogP contribution in [0.3, 0.4) is 0 Å². The lowest BCUT2D eigenvalue weighted by atomic mass is 9.92. The lowest BCUT2D eigenvalue weighted by Crippen LogP contribution is -2.49. The molecule has 2 aliphatic rings. The predicted octanol–water partition coefficient (Wildman–Crippen LogP) is 2.40. The van der Waals surface area contributed by atoms with E-state index in [1.807, 2.05) is 6.92 Å². The van der Waals surface area contributed by atoms with Crippen LogP contribution in [0.1, 0.15) is 26.2 Å². The Morgan fingerprint density at radius 2 is 1.80 bits per heavy atom. The van der Waals surface area contributed by atoms with Gasteiger partial charge in [-0.3, -0.25) is 14.4 Å². The molecule has 3 rings (SSSR count). The van der Waals surface area contributed by atoms with Crippen LogP contribution < -0.4 is 4.90 Å². The molecule has 3 atom stereocenters. The summed E-state index contributed by atoms with van der Waals surface area (Å²) in [6, 6.07) is 6.95. The van der Waals surface area contributed by atoms with Gasteiger partial charge in [0.05, 0.1) is 11.8 Å². The van der Waals surface area contributed by atoms with Crippen molar-refractivity contribution >= 4 is 35.1 Å². The van der Waals surface area contributed by atoms with Crippen molar-refractivity contribution in [3.8, 4) is 0 Å². The Morgan fingerprint density at radius 3 is 2.44 bits per heavy atom. The number of carboxylic acid groups (broad SMARTS) is 1. The number of carbonyl (C=O) groups is 3. The van der Waals surface area contributed by atoms with E-state index in [2.05, 4.69) is 0 Å². The van der Waals surface area contributed by atoms with Crippen molar-refractivity contribution in [2.75, 3.05) is 18.0 Å². The summed E-state index contributed by atoms with van der Waals surface area (Å²) >= 11 is 5.88. The molecule has 2 saturated heterocycles. The minimum atomic E-state index is -0.866. The molecule has 0 aromatic heterocycles. The first kappa shape index (κ1) is 17.7. The summed E-state index contributed by atoms with van der Waals surface area (Å²) in [5.41, 5.74) is 0.722. The molecule has 3 unspecified atom stereocenters. The molecule has 0 saturated carbocycles. The first-order valence-corrected chi connectivity index (χ1v) is 8.84. The van der Waals surface area contributed by atoms with Gasteiger partial charge in [0.2, 0.25) is 11.8 Å². The number of anilines is 1. The first-order chi connectivity index (χ1) is 11.9. The fourth-order valence-corrected chi connectivity index (χ4v) is 3.72. The molecule has 2 heterocycles. The maximum Gasteiger partial charge on any atom is 0.308 e. The van der Waals surface area contributed by atoms with Gasteiger partial charge in [-0.15, -0.1) is 0 Å². The molecule has 7 heteroatoms. The van der Waals surface area contributed by atoms with Crippen LogP contribution in [0, 0.1) is 11.8 Å². The van der Waals surface area contributed by atoms with Crippen molar-refractivity contribution in [1.82, 2.24) is 4.90 Å². The summed E-state index contributed by atoms with van der Waals surface area (Å²) in [6.07, 6.45) is 1.41. The van der Waals surface area contributed by atoms with E-state index in [-0.39, 0.29) is 30.8 Å². The van der Waals surface area contributed by atoms with Crippen LogP contribution in [0.25, 0.3) is 0 Å². The van der Waals surface area contributed by atoms with Gasteiger partial charge in [-0.25, -0.2) is 0 Å². The quantitative estimate of drug-likeness (QED) is 0.893. The molecule has 6 nitrogen and oxygen atoms in total. The van der Waals surface area contributed by atoms with Crippen molar-refractivity contribution in [1.29, 1.82) is 0 Å². The number of hydrogen-bond donors (Lipinski definition) is 1. The number of halogens is 1. The van der Waals surface area contributed by atoms with Gasteiger partial charge in [0.1, 0.15) is 0 Å². The van der Waals surface area contributed by atoms with Crippen LogP contribution >= 0.6 is 11.6 Å². The number of piperidine rings is 1. The summed E-state index contributed by atoms with van der Waals surface area (Å²) in [4.78, 5) is 39.7. The SMILES string of the molecule is CC1CCC(C(=O)O)CN1C(=O)C1CC(=O)N(c2ccc(Cl)cc2)C1. The molecule has 1 aromatic carbocycles. The number of benzene rings is 1. The third-order valence-electron chi connectivity index (χ3n) is 5.13. The molecule has 2 aliphatic heterocycles. The third-order valence-corrected chi connectivity index (χ3v) is 5.38. The summed E-state index contributed by atoms with van der Waals surface area (Å²) in [5, 5.41) is 9.82. The topological polar surface area (TPSA) is 77.9 Å². The van der Waals surface area contributed by atoms with Gasteiger partial charge in [0.15, 0.2) is 0 Å². The zero-order valence-corrected chi connectivity index (χ0v) is 14.8. The molecular formula is C18H21ClN2O4. The number of likely N-dealkylation sites (tertiary alicyclic amines) is 1. The summed E-state index contributed by atoms with van der Waals surface area (Å²) in [6.45, 7) is 2.48. The number of aliphatic carboxylic acids is 1. The number of carboxylic acids is 1. The number of carbonyl (C=O) groups excluding carboxylic acids is 2. The molecule has 0 radical (unpaired) electrons.